The molecule has 7 rings (SSSR count). The Morgan fingerprint density at radius 1 is 1.02 bits per heavy atom. The summed E-state index contributed by atoms with van der Waals surface area (Å²) in [5, 5.41) is 44.9. The van der Waals surface area contributed by atoms with Crippen molar-refractivity contribution in [2.24, 2.45) is 22.9 Å². The SMILES string of the molecule is C=CCOC12Oc3ccc(O)cc3C3C(CCCCO)C(CCCCO)C=C(C(=NOCC)CC1N(Cc1ccc4c(c1)OCO4)C(=O)c1ccc(C#N)cc1)C32. The summed E-state index contributed by atoms with van der Waals surface area (Å²) in [6, 6.07) is 18.7. The number of nitrogens with zero attached hydrogens (tertiary/aromatic N) is 3. The first kappa shape index (κ1) is 39.9. The van der Waals surface area contributed by atoms with E-state index in [0.29, 0.717) is 53.5 Å². The highest BCUT2D eigenvalue weighted by Crippen LogP contribution is 2.62. The van der Waals surface area contributed by atoms with E-state index in [1.807, 2.05) is 25.1 Å². The molecule has 2 aliphatic carbocycles. The fourth-order valence-electron chi connectivity index (χ4n) is 9.21. The van der Waals surface area contributed by atoms with Gasteiger partial charge in [-0.2, -0.15) is 5.26 Å². The number of fused-ring (bicyclic) bond motifs is 3. The third kappa shape index (κ3) is 7.97. The smallest absolute Gasteiger partial charge is 0.254 e. The number of benzene rings is 3. The number of aliphatic hydroxyl groups is 2. The van der Waals surface area contributed by atoms with Gasteiger partial charge in [0.2, 0.25) is 12.6 Å². The molecule has 300 valence electrons. The number of allylic oxidation sites excluding steroid dienone is 1. The molecule has 3 aromatic carbocycles. The van der Waals surface area contributed by atoms with Crippen LogP contribution in [0.5, 0.6) is 23.0 Å². The molecule has 2 heterocycles. The molecule has 0 aromatic heterocycles. The Hall–Kier alpha value is -5.35. The maximum absolute atomic E-state index is 15.2. The summed E-state index contributed by atoms with van der Waals surface area (Å²) in [5.41, 5.74) is 4.01. The molecule has 1 fully saturated rings. The van der Waals surface area contributed by atoms with E-state index in [2.05, 4.69) is 18.7 Å². The predicted molar refractivity (Wildman–Crippen MR) is 212 cm³/mol. The van der Waals surface area contributed by atoms with Gasteiger partial charge in [-0.1, -0.05) is 36.2 Å². The highest BCUT2D eigenvalue weighted by Gasteiger charge is 2.65. The lowest BCUT2D eigenvalue weighted by atomic mass is 9.55. The molecule has 4 aliphatic rings. The van der Waals surface area contributed by atoms with Crippen molar-refractivity contribution in [3.05, 3.63) is 107 Å². The van der Waals surface area contributed by atoms with Crippen molar-refractivity contribution in [2.45, 2.75) is 76.2 Å². The van der Waals surface area contributed by atoms with Crippen LogP contribution in [0.2, 0.25) is 0 Å². The maximum Gasteiger partial charge on any atom is 0.254 e. The van der Waals surface area contributed by atoms with Crippen molar-refractivity contribution in [3.63, 3.8) is 0 Å². The van der Waals surface area contributed by atoms with E-state index in [1.165, 1.54) is 0 Å². The van der Waals surface area contributed by atoms with E-state index in [4.69, 9.17) is 28.9 Å². The Bertz CT molecular complexity index is 2020. The van der Waals surface area contributed by atoms with Gasteiger partial charge in [-0.3, -0.25) is 4.79 Å². The second kappa shape index (κ2) is 17.8. The minimum absolute atomic E-state index is 0.0174. The number of carbonyl (C=O) groups excluding carboxylic acids is 1. The molecule has 0 radical (unpaired) electrons. The van der Waals surface area contributed by atoms with Gasteiger partial charge in [-0.15, -0.1) is 6.58 Å². The molecule has 6 unspecified atom stereocenters. The number of phenolic OH excluding ortho intramolecular Hbond substituents is 1. The lowest BCUT2D eigenvalue weighted by Crippen LogP contribution is -2.70. The Balaban J connectivity index is 1.46. The molecule has 0 saturated heterocycles. The lowest BCUT2D eigenvalue weighted by Gasteiger charge is -2.60. The van der Waals surface area contributed by atoms with E-state index < -0.39 is 17.7 Å². The van der Waals surface area contributed by atoms with Gasteiger partial charge in [0.15, 0.2) is 11.5 Å². The summed E-state index contributed by atoms with van der Waals surface area (Å²) in [6.07, 6.45) is 8.64. The summed E-state index contributed by atoms with van der Waals surface area (Å²) in [4.78, 5) is 22.8. The fourth-order valence-corrected chi connectivity index (χ4v) is 9.21. The van der Waals surface area contributed by atoms with E-state index in [-0.39, 0.29) is 69.0 Å². The zero-order valence-electron chi connectivity index (χ0n) is 32.3. The summed E-state index contributed by atoms with van der Waals surface area (Å²) < 4.78 is 25.6. The normalized spacial score (nSPS) is 24.7. The zero-order valence-corrected chi connectivity index (χ0v) is 32.3. The van der Waals surface area contributed by atoms with Gasteiger partial charge < -0.3 is 44.0 Å². The van der Waals surface area contributed by atoms with Gasteiger partial charge in [-0.05, 0) is 110 Å². The number of oxime groups is 1. The molecule has 57 heavy (non-hydrogen) atoms. The van der Waals surface area contributed by atoms with Gasteiger partial charge in [0.25, 0.3) is 5.91 Å². The molecular weight excluding hydrogens is 727 g/mol. The van der Waals surface area contributed by atoms with E-state index in [9.17, 15) is 20.6 Å². The quantitative estimate of drug-likeness (QED) is 0.0740. The van der Waals surface area contributed by atoms with Crippen molar-refractivity contribution in [1.82, 2.24) is 4.90 Å². The second-order valence-corrected chi connectivity index (χ2v) is 15.0. The largest absolute Gasteiger partial charge is 0.508 e. The van der Waals surface area contributed by atoms with Crippen molar-refractivity contribution in [1.29, 1.82) is 5.26 Å². The molecule has 3 aromatic rings. The van der Waals surface area contributed by atoms with Crippen LogP contribution in [0, 0.1) is 29.1 Å². The van der Waals surface area contributed by atoms with Crippen LogP contribution < -0.4 is 14.2 Å². The summed E-state index contributed by atoms with van der Waals surface area (Å²) >= 11 is 0. The van der Waals surface area contributed by atoms with Crippen LogP contribution in [0.1, 0.15) is 84.8 Å². The highest BCUT2D eigenvalue weighted by molar-refractivity contribution is 6.03. The minimum atomic E-state index is -1.48. The number of carbonyl (C=O) groups is 1. The van der Waals surface area contributed by atoms with Crippen LogP contribution in [-0.2, 0) is 16.1 Å². The van der Waals surface area contributed by atoms with Crippen LogP contribution in [0.15, 0.2) is 90.1 Å². The van der Waals surface area contributed by atoms with E-state index >= 15 is 4.79 Å². The first-order valence-electron chi connectivity index (χ1n) is 19.9. The van der Waals surface area contributed by atoms with Crippen molar-refractivity contribution in [2.75, 3.05) is 33.2 Å². The Kier molecular flexibility index (Phi) is 12.5. The molecule has 12 nitrogen and oxygen atoms in total. The van der Waals surface area contributed by atoms with Crippen LogP contribution >= 0.6 is 0 Å². The molecule has 0 spiro atoms. The number of nitriles is 1. The summed E-state index contributed by atoms with van der Waals surface area (Å²) in [5.74, 6) is -0.648. The van der Waals surface area contributed by atoms with Crippen LogP contribution in [-0.4, -0.2) is 76.9 Å². The Labute approximate surface area is 333 Å². The zero-order chi connectivity index (χ0) is 39.9. The molecule has 1 amide bonds. The second-order valence-electron chi connectivity index (χ2n) is 15.0. The first-order valence-corrected chi connectivity index (χ1v) is 19.9. The first-order chi connectivity index (χ1) is 27.8. The van der Waals surface area contributed by atoms with Crippen molar-refractivity contribution < 1.29 is 43.9 Å². The molecule has 12 heteroatoms. The number of hydrogen-bond donors (Lipinski definition) is 3. The third-order valence-corrected chi connectivity index (χ3v) is 11.6. The fraction of sp³-hybridized carbons (Fsp3) is 0.444. The average Bonchev–Trinajstić information content (AvgIpc) is 3.71. The van der Waals surface area contributed by atoms with Crippen LogP contribution in [0.4, 0.5) is 0 Å². The number of aromatic hydroxyl groups is 1. The number of rotatable bonds is 17. The van der Waals surface area contributed by atoms with Crippen LogP contribution in [0.25, 0.3) is 0 Å². The molecule has 6 atom stereocenters. The number of ether oxygens (including phenoxy) is 4. The van der Waals surface area contributed by atoms with Gasteiger partial charge in [0.05, 0.1) is 29.9 Å². The number of hydrogen-bond acceptors (Lipinski definition) is 11. The third-order valence-electron chi connectivity index (χ3n) is 11.6. The number of amides is 1. The minimum Gasteiger partial charge on any atom is -0.508 e. The maximum atomic E-state index is 15.2. The van der Waals surface area contributed by atoms with Gasteiger partial charge >= 0.3 is 0 Å². The van der Waals surface area contributed by atoms with Gasteiger partial charge in [0.1, 0.15) is 24.1 Å². The molecule has 2 aliphatic heterocycles. The van der Waals surface area contributed by atoms with Gasteiger partial charge in [-0.25, -0.2) is 0 Å². The topological polar surface area (TPSA) is 163 Å². The Morgan fingerprint density at radius 2 is 1.77 bits per heavy atom. The number of unbranched alkanes of at least 4 members (excludes halogenated alkanes) is 2. The Morgan fingerprint density at radius 3 is 2.51 bits per heavy atom. The van der Waals surface area contributed by atoms with Gasteiger partial charge in [0, 0.05) is 43.2 Å². The van der Waals surface area contributed by atoms with Crippen molar-refractivity contribution in [3.8, 4) is 29.1 Å². The van der Waals surface area contributed by atoms with Crippen molar-refractivity contribution >= 4 is 11.6 Å². The van der Waals surface area contributed by atoms with Crippen LogP contribution in [0.3, 0.4) is 0 Å². The van der Waals surface area contributed by atoms with E-state index in [0.717, 1.165) is 42.4 Å². The van der Waals surface area contributed by atoms with E-state index in [1.54, 1.807) is 53.4 Å². The molecule has 0 bridgehead atoms. The monoisotopic (exact) mass is 777 g/mol. The molecule has 3 N–H and O–H groups in total. The molecule has 1 saturated carbocycles. The summed E-state index contributed by atoms with van der Waals surface area (Å²) in [6.45, 7) is 6.72. The number of aliphatic hydroxyl groups excluding tert-OH is 2. The predicted octanol–water partition coefficient (Wildman–Crippen LogP) is 6.99. The average molecular weight is 778 g/mol. The lowest BCUT2D eigenvalue weighted by molar-refractivity contribution is -0.255. The summed E-state index contributed by atoms with van der Waals surface area (Å²) in [7, 11) is 0. The molecular formula is C45H51N3O9. The highest BCUT2D eigenvalue weighted by atomic mass is 16.7. The number of phenols is 1. The standard InChI is InChI=1S/C45H51N3O9/c1-3-21-55-45-41(48(44(52)31-14-11-29(26-46)12-15-31)27-30-13-17-39-40(22-30)54-28-53-39)25-37(47-56-4-2)35-23-32(9-5-7-19-49)34(10-6-8-20-50)42(43(35)45)36-24-33(51)16-18-38(36)57-45/h3,11-18,22-24,32,34,41-43,49-51H,1,4-10,19-21,25,27-28H2,2H3.